The lowest BCUT2D eigenvalue weighted by atomic mass is 9.89. The Morgan fingerprint density at radius 1 is 1.20 bits per heavy atom. The lowest BCUT2D eigenvalue weighted by Crippen LogP contribution is -2.47. The number of halogens is 1. The number of nitrogens with two attached hydrogens (primary N) is 1. The number of piperazine rings is 1. The first-order valence-electron chi connectivity index (χ1n) is 7.43. The van der Waals surface area contributed by atoms with Gasteiger partial charge >= 0.3 is 0 Å². The number of benzene rings is 1. The lowest BCUT2D eigenvalue weighted by Gasteiger charge is -2.37. The van der Waals surface area contributed by atoms with E-state index in [2.05, 4.69) is 35.8 Å². The summed E-state index contributed by atoms with van der Waals surface area (Å²) in [6.07, 6.45) is 1.17. The largest absolute Gasteiger partial charge is 0.369 e. The van der Waals surface area contributed by atoms with Crippen molar-refractivity contribution in [3.05, 3.63) is 29.3 Å². The van der Waals surface area contributed by atoms with Gasteiger partial charge in [0.25, 0.3) is 0 Å². The second kappa shape index (κ2) is 6.79. The molecule has 1 fully saturated rings. The molecule has 1 aliphatic rings. The van der Waals surface area contributed by atoms with Crippen molar-refractivity contribution in [2.24, 2.45) is 11.1 Å². The highest BCUT2D eigenvalue weighted by molar-refractivity contribution is 6.30. The molecule has 3 nitrogen and oxygen atoms in total. The van der Waals surface area contributed by atoms with Crippen molar-refractivity contribution in [3.63, 3.8) is 0 Å². The van der Waals surface area contributed by atoms with E-state index < -0.39 is 0 Å². The molecule has 0 aliphatic carbocycles. The Morgan fingerprint density at radius 2 is 1.90 bits per heavy atom. The van der Waals surface area contributed by atoms with Gasteiger partial charge in [0.2, 0.25) is 0 Å². The van der Waals surface area contributed by atoms with E-state index in [0.717, 1.165) is 44.3 Å². The van der Waals surface area contributed by atoms with Crippen LogP contribution in [0.5, 0.6) is 0 Å². The predicted octanol–water partition coefficient (Wildman–Crippen LogP) is 2.84. The van der Waals surface area contributed by atoms with Crippen LogP contribution in [-0.2, 0) is 0 Å². The summed E-state index contributed by atoms with van der Waals surface area (Å²) in [4.78, 5) is 4.95. The van der Waals surface area contributed by atoms with Gasteiger partial charge in [-0.15, -0.1) is 0 Å². The Kier molecular flexibility index (Phi) is 5.30. The molecule has 0 saturated carbocycles. The Bertz CT molecular complexity index is 425. The van der Waals surface area contributed by atoms with Crippen LogP contribution in [0.4, 0.5) is 5.69 Å². The first-order valence-corrected chi connectivity index (χ1v) is 7.81. The van der Waals surface area contributed by atoms with Crippen LogP contribution in [0.3, 0.4) is 0 Å². The zero-order chi connectivity index (χ0) is 14.6. The maximum atomic E-state index is 6.06. The molecular weight excluding hydrogens is 270 g/mol. The average Bonchev–Trinajstić information content (AvgIpc) is 2.46. The van der Waals surface area contributed by atoms with Crippen molar-refractivity contribution in [3.8, 4) is 0 Å². The second-order valence-corrected chi connectivity index (χ2v) is 6.86. The molecule has 0 unspecified atom stereocenters. The van der Waals surface area contributed by atoms with E-state index in [1.54, 1.807) is 0 Å². The summed E-state index contributed by atoms with van der Waals surface area (Å²) in [6, 6.07) is 8.14. The van der Waals surface area contributed by atoms with Crippen LogP contribution < -0.4 is 10.6 Å². The van der Waals surface area contributed by atoms with Crippen LogP contribution in [0.1, 0.15) is 20.3 Å². The van der Waals surface area contributed by atoms with Crippen LogP contribution in [-0.4, -0.2) is 44.2 Å². The van der Waals surface area contributed by atoms with Crippen molar-refractivity contribution >= 4 is 17.3 Å². The highest BCUT2D eigenvalue weighted by Gasteiger charge is 2.21. The molecular formula is C16H26ClN3. The van der Waals surface area contributed by atoms with E-state index in [1.165, 1.54) is 12.1 Å². The summed E-state index contributed by atoms with van der Waals surface area (Å²) in [5.41, 5.74) is 7.28. The third-order valence-electron chi connectivity index (χ3n) is 4.20. The van der Waals surface area contributed by atoms with Crippen LogP contribution in [0.15, 0.2) is 24.3 Å². The Hall–Kier alpha value is -0.770. The standard InChI is InChI=1S/C16H26ClN3/c1-16(2,13-18)6-7-19-8-10-20(11-9-19)15-5-3-4-14(17)12-15/h3-5,12H,6-11,13,18H2,1-2H3. The number of anilines is 1. The minimum Gasteiger partial charge on any atom is -0.369 e. The van der Waals surface area contributed by atoms with Crippen molar-refractivity contribution in [1.29, 1.82) is 0 Å². The minimum absolute atomic E-state index is 0.254. The fourth-order valence-electron chi connectivity index (χ4n) is 2.47. The van der Waals surface area contributed by atoms with Crippen LogP contribution in [0.2, 0.25) is 5.02 Å². The van der Waals surface area contributed by atoms with E-state index in [9.17, 15) is 0 Å². The second-order valence-electron chi connectivity index (χ2n) is 6.43. The summed E-state index contributed by atoms with van der Waals surface area (Å²) >= 11 is 6.06. The van der Waals surface area contributed by atoms with Crippen molar-refractivity contribution in [2.75, 3.05) is 44.2 Å². The lowest BCUT2D eigenvalue weighted by molar-refractivity contribution is 0.211. The predicted molar refractivity (Wildman–Crippen MR) is 87.6 cm³/mol. The molecule has 2 N–H and O–H groups in total. The van der Waals surface area contributed by atoms with Gasteiger partial charge in [0, 0.05) is 36.9 Å². The fraction of sp³-hybridized carbons (Fsp3) is 0.625. The zero-order valence-electron chi connectivity index (χ0n) is 12.6. The van der Waals surface area contributed by atoms with Crippen LogP contribution in [0.25, 0.3) is 0 Å². The molecule has 0 atom stereocenters. The third kappa shape index (κ3) is 4.37. The van der Waals surface area contributed by atoms with Crippen molar-refractivity contribution in [1.82, 2.24) is 4.90 Å². The highest BCUT2D eigenvalue weighted by atomic mass is 35.5. The molecule has 1 aromatic rings. The normalized spacial score (nSPS) is 17.5. The van der Waals surface area contributed by atoms with Crippen LogP contribution >= 0.6 is 11.6 Å². The van der Waals surface area contributed by atoms with Gasteiger partial charge in [-0.2, -0.15) is 0 Å². The van der Waals surface area contributed by atoms with Gasteiger partial charge in [0.15, 0.2) is 0 Å². The highest BCUT2D eigenvalue weighted by Crippen LogP contribution is 2.22. The molecule has 1 aromatic carbocycles. The maximum absolute atomic E-state index is 6.06. The van der Waals surface area contributed by atoms with Crippen molar-refractivity contribution < 1.29 is 0 Å². The van der Waals surface area contributed by atoms with E-state index in [1.807, 2.05) is 12.1 Å². The summed E-state index contributed by atoms with van der Waals surface area (Å²) in [6.45, 7) is 10.8. The van der Waals surface area contributed by atoms with E-state index in [4.69, 9.17) is 17.3 Å². The first kappa shape index (κ1) is 15.6. The fourth-order valence-corrected chi connectivity index (χ4v) is 2.65. The average molecular weight is 296 g/mol. The Morgan fingerprint density at radius 3 is 2.50 bits per heavy atom. The Balaban J connectivity index is 1.81. The molecule has 20 heavy (non-hydrogen) atoms. The summed E-state index contributed by atoms with van der Waals surface area (Å²) in [5, 5.41) is 0.814. The van der Waals surface area contributed by atoms with Gasteiger partial charge in [0.05, 0.1) is 0 Å². The molecule has 1 heterocycles. The molecule has 4 heteroatoms. The third-order valence-corrected chi connectivity index (χ3v) is 4.44. The Labute approximate surface area is 127 Å². The number of hydrogen-bond acceptors (Lipinski definition) is 3. The van der Waals surface area contributed by atoms with Crippen molar-refractivity contribution in [2.45, 2.75) is 20.3 Å². The van der Waals surface area contributed by atoms with Gasteiger partial charge in [0.1, 0.15) is 0 Å². The molecule has 0 spiro atoms. The molecule has 2 rings (SSSR count). The first-order chi connectivity index (χ1) is 9.50. The van der Waals surface area contributed by atoms with E-state index >= 15 is 0 Å². The van der Waals surface area contributed by atoms with Crippen LogP contribution in [0, 0.1) is 5.41 Å². The molecule has 112 valence electrons. The molecule has 1 aliphatic heterocycles. The SMILES string of the molecule is CC(C)(CN)CCN1CCN(c2cccc(Cl)c2)CC1. The van der Waals surface area contributed by atoms with Gasteiger partial charge in [-0.3, -0.25) is 4.90 Å². The molecule has 0 bridgehead atoms. The summed E-state index contributed by atoms with van der Waals surface area (Å²) in [7, 11) is 0. The number of hydrogen-bond donors (Lipinski definition) is 1. The smallest absolute Gasteiger partial charge is 0.0426 e. The topological polar surface area (TPSA) is 32.5 Å². The van der Waals surface area contributed by atoms with E-state index in [-0.39, 0.29) is 5.41 Å². The number of nitrogens with zero attached hydrogens (tertiary/aromatic N) is 2. The summed E-state index contributed by atoms with van der Waals surface area (Å²) in [5.74, 6) is 0. The molecule has 0 aromatic heterocycles. The quantitative estimate of drug-likeness (QED) is 0.907. The monoisotopic (exact) mass is 295 g/mol. The number of rotatable bonds is 5. The maximum Gasteiger partial charge on any atom is 0.0426 e. The summed E-state index contributed by atoms with van der Waals surface area (Å²) < 4.78 is 0. The zero-order valence-corrected chi connectivity index (χ0v) is 13.4. The van der Waals surface area contributed by atoms with Gasteiger partial charge in [-0.05, 0) is 43.1 Å². The van der Waals surface area contributed by atoms with Gasteiger partial charge in [-0.1, -0.05) is 31.5 Å². The van der Waals surface area contributed by atoms with E-state index in [0.29, 0.717) is 0 Å². The minimum atomic E-state index is 0.254. The van der Waals surface area contributed by atoms with Gasteiger partial charge < -0.3 is 10.6 Å². The van der Waals surface area contributed by atoms with Gasteiger partial charge in [-0.25, -0.2) is 0 Å². The molecule has 0 amide bonds. The molecule has 1 saturated heterocycles. The molecule has 0 radical (unpaired) electrons.